The Bertz CT molecular complexity index is 506. The number of amides is 3. The summed E-state index contributed by atoms with van der Waals surface area (Å²) in [6.45, 7) is 3.04. The summed E-state index contributed by atoms with van der Waals surface area (Å²) in [6, 6.07) is 4.60. The Hall–Kier alpha value is -1.79. The molecular formula is C14H21ClN4O2. The highest BCUT2D eigenvalue weighted by Crippen LogP contribution is 2.25. The van der Waals surface area contributed by atoms with Crippen molar-refractivity contribution in [3.8, 4) is 0 Å². The van der Waals surface area contributed by atoms with Crippen LogP contribution < -0.4 is 16.0 Å². The van der Waals surface area contributed by atoms with Crippen molar-refractivity contribution >= 4 is 34.9 Å². The topological polar surface area (TPSA) is 73.5 Å². The van der Waals surface area contributed by atoms with Crippen LogP contribution in [0.15, 0.2) is 18.2 Å². The molecule has 7 heteroatoms. The van der Waals surface area contributed by atoms with Gasteiger partial charge in [0.1, 0.15) is 0 Å². The van der Waals surface area contributed by atoms with Crippen molar-refractivity contribution in [3.63, 3.8) is 0 Å². The fraction of sp³-hybridized carbons (Fsp3) is 0.429. The van der Waals surface area contributed by atoms with Crippen LogP contribution in [-0.4, -0.2) is 44.0 Å². The van der Waals surface area contributed by atoms with Crippen LogP contribution in [0.4, 0.5) is 16.2 Å². The molecule has 0 radical (unpaired) electrons. The maximum absolute atomic E-state index is 11.7. The number of benzene rings is 1. The van der Waals surface area contributed by atoms with Gasteiger partial charge in [-0.05, 0) is 32.3 Å². The molecule has 0 aliphatic heterocycles. The van der Waals surface area contributed by atoms with Crippen LogP contribution in [0.2, 0.25) is 5.02 Å². The van der Waals surface area contributed by atoms with Gasteiger partial charge in [0.25, 0.3) is 0 Å². The maximum Gasteiger partial charge on any atom is 0.319 e. The number of rotatable bonds is 6. The molecule has 21 heavy (non-hydrogen) atoms. The molecule has 0 unspecified atom stereocenters. The third-order valence-corrected chi connectivity index (χ3v) is 2.99. The first-order valence-electron chi connectivity index (χ1n) is 6.71. The van der Waals surface area contributed by atoms with Gasteiger partial charge in [0, 0.05) is 25.2 Å². The summed E-state index contributed by atoms with van der Waals surface area (Å²) in [7, 11) is 3.85. The van der Waals surface area contributed by atoms with Crippen molar-refractivity contribution in [2.45, 2.75) is 13.3 Å². The number of nitrogens with one attached hydrogen (secondary N) is 3. The van der Waals surface area contributed by atoms with Crippen molar-refractivity contribution in [1.29, 1.82) is 0 Å². The van der Waals surface area contributed by atoms with Crippen molar-refractivity contribution in [1.82, 2.24) is 10.2 Å². The second-order valence-corrected chi connectivity index (χ2v) is 5.19. The summed E-state index contributed by atoms with van der Waals surface area (Å²) in [5.41, 5.74) is 1.04. The normalized spacial score (nSPS) is 10.3. The minimum atomic E-state index is -0.335. The molecule has 0 atom stereocenters. The number of anilines is 2. The third-order valence-electron chi connectivity index (χ3n) is 2.66. The van der Waals surface area contributed by atoms with Gasteiger partial charge in [-0.15, -0.1) is 0 Å². The standard InChI is InChI=1S/C14H21ClN4O2/c1-4-13(20)17-10-5-6-11(15)12(9-10)18-14(21)16-7-8-19(2)3/h5-6,9H,4,7-8H2,1-3H3,(H,17,20)(H2,16,18,21). The molecule has 3 amide bonds. The van der Waals surface area contributed by atoms with Crippen molar-refractivity contribution in [2.24, 2.45) is 0 Å². The minimum absolute atomic E-state index is 0.0984. The summed E-state index contributed by atoms with van der Waals surface area (Å²) < 4.78 is 0. The summed E-state index contributed by atoms with van der Waals surface area (Å²) >= 11 is 6.03. The van der Waals surface area contributed by atoms with E-state index in [1.807, 2.05) is 19.0 Å². The SMILES string of the molecule is CCC(=O)Nc1ccc(Cl)c(NC(=O)NCCN(C)C)c1. The number of hydrogen-bond acceptors (Lipinski definition) is 3. The number of carbonyl (C=O) groups excluding carboxylic acids is 2. The van der Waals surface area contributed by atoms with E-state index in [4.69, 9.17) is 11.6 Å². The minimum Gasteiger partial charge on any atom is -0.337 e. The van der Waals surface area contributed by atoms with Gasteiger partial charge in [0.15, 0.2) is 0 Å². The molecule has 0 saturated carbocycles. The van der Waals surface area contributed by atoms with Crippen molar-refractivity contribution in [3.05, 3.63) is 23.2 Å². The molecule has 116 valence electrons. The monoisotopic (exact) mass is 312 g/mol. The van der Waals surface area contributed by atoms with Crippen LogP contribution in [-0.2, 0) is 4.79 Å². The second-order valence-electron chi connectivity index (χ2n) is 4.78. The number of nitrogens with zero attached hydrogens (tertiary/aromatic N) is 1. The van der Waals surface area contributed by atoms with Gasteiger partial charge in [0.05, 0.1) is 10.7 Å². The Kier molecular flexibility index (Phi) is 6.98. The van der Waals surface area contributed by atoms with Crippen LogP contribution in [0.3, 0.4) is 0 Å². The average molecular weight is 313 g/mol. The van der Waals surface area contributed by atoms with E-state index in [0.29, 0.717) is 29.4 Å². The lowest BCUT2D eigenvalue weighted by atomic mass is 10.2. The molecule has 1 aromatic carbocycles. The van der Waals surface area contributed by atoms with Gasteiger partial charge >= 0.3 is 6.03 Å². The van der Waals surface area contributed by atoms with Crippen LogP contribution in [0.5, 0.6) is 0 Å². The van der Waals surface area contributed by atoms with Crippen LogP contribution in [0.25, 0.3) is 0 Å². The highest BCUT2D eigenvalue weighted by atomic mass is 35.5. The molecule has 0 fully saturated rings. The molecule has 1 aromatic rings. The Morgan fingerprint density at radius 2 is 1.95 bits per heavy atom. The lowest BCUT2D eigenvalue weighted by Crippen LogP contribution is -2.34. The Morgan fingerprint density at radius 1 is 1.24 bits per heavy atom. The molecule has 0 spiro atoms. The zero-order valence-electron chi connectivity index (χ0n) is 12.5. The molecule has 1 rings (SSSR count). The largest absolute Gasteiger partial charge is 0.337 e. The van der Waals surface area contributed by atoms with Crippen LogP contribution >= 0.6 is 11.6 Å². The van der Waals surface area contributed by atoms with E-state index in [1.165, 1.54) is 0 Å². The van der Waals surface area contributed by atoms with Gasteiger partial charge in [-0.1, -0.05) is 18.5 Å². The lowest BCUT2D eigenvalue weighted by Gasteiger charge is -2.13. The van der Waals surface area contributed by atoms with Gasteiger partial charge in [0.2, 0.25) is 5.91 Å². The Balaban J connectivity index is 2.62. The molecule has 0 heterocycles. The van der Waals surface area contributed by atoms with E-state index < -0.39 is 0 Å². The van der Waals surface area contributed by atoms with Crippen molar-refractivity contribution < 1.29 is 9.59 Å². The Morgan fingerprint density at radius 3 is 2.57 bits per heavy atom. The molecule has 0 aromatic heterocycles. The smallest absolute Gasteiger partial charge is 0.319 e. The Labute approximate surface area is 129 Å². The quantitative estimate of drug-likeness (QED) is 0.755. The summed E-state index contributed by atoms with van der Waals surface area (Å²) in [4.78, 5) is 25.1. The summed E-state index contributed by atoms with van der Waals surface area (Å²) in [5, 5.41) is 8.51. The first-order valence-corrected chi connectivity index (χ1v) is 7.09. The van der Waals surface area contributed by atoms with Crippen LogP contribution in [0, 0.1) is 0 Å². The highest BCUT2D eigenvalue weighted by molar-refractivity contribution is 6.33. The van der Waals surface area contributed by atoms with Crippen LogP contribution in [0.1, 0.15) is 13.3 Å². The summed E-state index contributed by atoms with van der Waals surface area (Å²) in [6.07, 6.45) is 0.385. The highest BCUT2D eigenvalue weighted by Gasteiger charge is 2.07. The predicted molar refractivity (Wildman–Crippen MR) is 85.9 cm³/mol. The third kappa shape index (κ3) is 6.46. The van der Waals surface area contributed by atoms with Crippen molar-refractivity contribution in [2.75, 3.05) is 37.8 Å². The molecule has 3 N–H and O–H groups in total. The zero-order valence-corrected chi connectivity index (χ0v) is 13.3. The molecule has 0 aliphatic rings. The van der Waals surface area contributed by atoms with E-state index in [1.54, 1.807) is 25.1 Å². The molecule has 0 saturated heterocycles. The maximum atomic E-state index is 11.7. The number of likely N-dealkylation sites (N-methyl/N-ethyl adjacent to an activating group) is 1. The second kappa shape index (κ2) is 8.49. The molecule has 0 bridgehead atoms. The fourth-order valence-electron chi connectivity index (χ4n) is 1.51. The van der Waals surface area contributed by atoms with Gasteiger partial charge in [-0.3, -0.25) is 4.79 Å². The van der Waals surface area contributed by atoms with E-state index in [-0.39, 0.29) is 11.9 Å². The van der Waals surface area contributed by atoms with Gasteiger partial charge in [-0.25, -0.2) is 4.79 Å². The molecule has 0 aliphatic carbocycles. The predicted octanol–water partition coefficient (Wildman–Crippen LogP) is 2.37. The van der Waals surface area contributed by atoms with E-state index in [9.17, 15) is 9.59 Å². The molecule has 6 nitrogen and oxygen atoms in total. The lowest BCUT2D eigenvalue weighted by molar-refractivity contribution is -0.115. The molecular weight excluding hydrogens is 292 g/mol. The zero-order chi connectivity index (χ0) is 15.8. The number of halogens is 1. The number of urea groups is 1. The van der Waals surface area contributed by atoms with E-state index in [0.717, 1.165) is 6.54 Å². The van der Waals surface area contributed by atoms with E-state index in [2.05, 4.69) is 16.0 Å². The average Bonchev–Trinajstić information content (AvgIpc) is 2.42. The summed E-state index contributed by atoms with van der Waals surface area (Å²) in [5.74, 6) is -0.0984. The van der Waals surface area contributed by atoms with E-state index >= 15 is 0 Å². The fourth-order valence-corrected chi connectivity index (χ4v) is 1.67. The number of hydrogen-bond donors (Lipinski definition) is 3. The van der Waals surface area contributed by atoms with Gasteiger partial charge in [-0.2, -0.15) is 0 Å². The first kappa shape index (κ1) is 17.3. The number of carbonyl (C=O) groups is 2. The van der Waals surface area contributed by atoms with Gasteiger partial charge < -0.3 is 20.9 Å². The first-order chi connectivity index (χ1) is 9.92.